The molecule has 0 unspecified atom stereocenters. The Labute approximate surface area is 128 Å². The third kappa shape index (κ3) is 4.42. The number of piperazine rings is 1. The molecule has 116 valence electrons. The van der Waals surface area contributed by atoms with E-state index in [2.05, 4.69) is 46.1 Å². The Morgan fingerprint density at radius 1 is 1.24 bits per heavy atom. The summed E-state index contributed by atoms with van der Waals surface area (Å²) in [5.74, 6) is 2.14. The summed E-state index contributed by atoms with van der Waals surface area (Å²) < 4.78 is 0. The SMILES string of the molecule is CC(C)NCc1ccnc(N2CCN(CC3CC3)CC2)c1. The first kappa shape index (κ1) is 14.8. The molecule has 21 heavy (non-hydrogen) atoms. The van der Waals surface area contributed by atoms with Crippen LogP contribution < -0.4 is 10.2 Å². The summed E-state index contributed by atoms with van der Waals surface area (Å²) in [5.41, 5.74) is 1.33. The lowest BCUT2D eigenvalue weighted by Gasteiger charge is -2.35. The van der Waals surface area contributed by atoms with Crippen molar-refractivity contribution in [1.82, 2.24) is 15.2 Å². The van der Waals surface area contributed by atoms with Gasteiger partial charge in [0.25, 0.3) is 0 Å². The van der Waals surface area contributed by atoms with E-state index in [0.717, 1.165) is 31.4 Å². The van der Waals surface area contributed by atoms with Crippen molar-refractivity contribution in [3.63, 3.8) is 0 Å². The minimum atomic E-state index is 0.521. The molecule has 1 aromatic heterocycles. The summed E-state index contributed by atoms with van der Waals surface area (Å²) in [6, 6.07) is 4.88. The van der Waals surface area contributed by atoms with Gasteiger partial charge < -0.3 is 10.2 Å². The van der Waals surface area contributed by atoms with E-state index in [1.807, 2.05) is 6.20 Å². The Morgan fingerprint density at radius 3 is 2.67 bits per heavy atom. The normalized spacial score (nSPS) is 20.2. The van der Waals surface area contributed by atoms with Crippen molar-refractivity contribution in [2.24, 2.45) is 5.92 Å². The largest absolute Gasteiger partial charge is 0.354 e. The second-order valence-corrected chi connectivity index (χ2v) is 6.79. The molecule has 1 saturated carbocycles. The molecular formula is C17H28N4. The lowest BCUT2D eigenvalue weighted by molar-refractivity contribution is 0.247. The third-order valence-electron chi connectivity index (χ3n) is 4.43. The Kier molecular flexibility index (Phi) is 4.76. The van der Waals surface area contributed by atoms with E-state index in [0.29, 0.717) is 6.04 Å². The van der Waals surface area contributed by atoms with Crippen molar-refractivity contribution >= 4 is 5.82 Å². The van der Waals surface area contributed by atoms with Crippen LogP contribution in [0.1, 0.15) is 32.3 Å². The predicted molar refractivity (Wildman–Crippen MR) is 87.6 cm³/mol. The first-order valence-electron chi connectivity index (χ1n) is 8.36. The van der Waals surface area contributed by atoms with E-state index in [-0.39, 0.29) is 0 Å². The van der Waals surface area contributed by atoms with E-state index in [1.54, 1.807) is 0 Å². The van der Waals surface area contributed by atoms with Crippen molar-refractivity contribution < 1.29 is 0 Å². The van der Waals surface area contributed by atoms with E-state index in [9.17, 15) is 0 Å². The van der Waals surface area contributed by atoms with Crippen molar-refractivity contribution in [3.05, 3.63) is 23.9 Å². The average molecular weight is 288 g/mol. The number of hydrogen-bond donors (Lipinski definition) is 1. The number of nitrogens with one attached hydrogen (secondary N) is 1. The van der Waals surface area contributed by atoms with Crippen LogP contribution in [0.3, 0.4) is 0 Å². The highest BCUT2D eigenvalue weighted by atomic mass is 15.3. The van der Waals surface area contributed by atoms with Gasteiger partial charge in [0.1, 0.15) is 5.82 Å². The number of anilines is 1. The predicted octanol–water partition coefficient (Wildman–Crippen LogP) is 2.11. The van der Waals surface area contributed by atoms with Gasteiger partial charge in [0, 0.05) is 51.5 Å². The van der Waals surface area contributed by atoms with Crippen molar-refractivity contribution in [3.8, 4) is 0 Å². The van der Waals surface area contributed by atoms with Crippen molar-refractivity contribution in [2.75, 3.05) is 37.6 Å². The Balaban J connectivity index is 1.53. The minimum absolute atomic E-state index is 0.521. The van der Waals surface area contributed by atoms with Crippen molar-refractivity contribution in [2.45, 2.75) is 39.3 Å². The number of pyridine rings is 1. The molecule has 0 radical (unpaired) electrons. The van der Waals surface area contributed by atoms with Crippen LogP contribution in [0.15, 0.2) is 18.3 Å². The van der Waals surface area contributed by atoms with Crippen molar-refractivity contribution in [1.29, 1.82) is 0 Å². The van der Waals surface area contributed by atoms with Crippen LogP contribution >= 0.6 is 0 Å². The van der Waals surface area contributed by atoms with Crippen LogP contribution in [-0.2, 0) is 6.54 Å². The first-order valence-corrected chi connectivity index (χ1v) is 8.36. The van der Waals surface area contributed by atoms with Crippen LogP contribution in [-0.4, -0.2) is 48.6 Å². The van der Waals surface area contributed by atoms with E-state index in [4.69, 9.17) is 0 Å². The lowest BCUT2D eigenvalue weighted by Crippen LogP contribution is -2.47. The molecule has 4 heteroatoms. The fourth-order valence-electron chi connectivity index (χ4n) is 2.89. The average Bonchev–Trinajstić information content (AvgIpc) is 3.30. The summed E-state index contributed by atoms with van der Waals surface area (Å²) in [6.45, 7) is 11.2. The maximum absolute atomic E-state index is 4.57. The summed E-state index contributed by atoms with van der Waals surface area (Å²) in [7, 11) is 0. The van der Waals surface area contributed by atoms with E-state index < -0.39 is 0 Å². The lowest BCUT2D eigenvalue weighted by atomic mass is 10.2. The smallest absolute Gasteiger partial charge is 0.128 e. The van der Waals surface area contributed by atoms with Crippen LogP contribution in [0.25, 0.3) is 0 Å². The van der Waals surface area contributed by atoms with Gasteiger partial charge in [-0.1, -0.05) is 13.8 Å². The molecule has 0 bridgehead atoms. The standard InChI is InChI=1S/C17H28N4/c1-14(2)19-12-16-5-6-18-17(11-16)21-9-7-20(8-10-21)13-15-3-4-15/h5-6,11,14-15,19H,3-4,7-10,12-13H2,1-2H3. The van der Waals surface area contributed by atoms with Crippen LogP contribution in [0.2, 0.25) is 0 Å². The molecule has 2 aliphatic rings. The number of rotatable bonds is 6. The monoisotopic (exact) mass is 288 g/mol. The first-order chi connectivity index (χ1) is 10.2. The second kappa shape index (κ2) is 6.75. The van der Waals surface area contributed by atoms with E-state index in [1.165, 1.54) is 38.0 Å². The van der Waals surface area contributed by atoms with Gasteiger partial charge in [-0.05, 0) is 36.5 Å². The molecule has 1 saturated heterocycles. The van der Waals surface area contributed by atoms with Gasteiger partial charge in [-0.25, -0.2) is 4.98 Å². The van der Waals surface area contributed by atoms with Gasteiger partial charge >= 0.3 is 0 Å². The van der Waals surface area contributed by atoms with Gasteiger partial charge in [0.15, 0.2) is 0 Å². The molecule has 2 heterocycles. The highest BCUT2D eigenvalue weighted by Gasteiger charge is 2.26. The molecule has 0 spiro atoms. The number of aromatic nitrogens is 1. The zero-order chi connectivity index (χ0) is 14.7. The number of nitrogens with zero attached hydrogens (tertiary/aromatic N) is 3. The van der Waals surface area contributed by atoms with Crippen LogP contribution in [0, 0.1) is 5.92 Å². The van der Waals surface area contributed by atoms with E-state index >= 15 is 0 Å². The van der Waals surface area contributed by atoms with Gasteiger partial charge in [0.2, 0.25) is 0 Å². The van der Waals surface area contributed by atoms with Crippen LogP contribution in [0.5, 0.6) is 0 Å². The zero-order valence-electron chi connectivity index (χ0n) is 13.4. The molecule has 0 amide bonds. The molecule has 1 aromatic rings. The van der Waals surface area contributed by atoms with Gasteiger partial charge in [0.05, 0.1) is 0 Å². The third-order valence-corrected chi connectivity index (χ3v) is 4.43. The maximum atomic E-state index is 4.57. The number of hydrogen-bond acceptors (Lipinski definition) is 4. The molecular weight excluding hydrogens is 260 g/mol. The molecule has 3 rings (SSSR count). The minimum Gasteiger partial charge on any atom is -0.354 e. The van der Waals surface area contributed by atoms with Gasteiger partial charge in [-0.2, -0.15) is 0 Å². The second-order valence-electron chi connectivity index (χ2n) is 6.79. The summed E-state index contributed by atoms with van der Waals surface area (Å²) in [5, 5.41) is 3.47. The molecule has 0 aromatic carbocycles. The highest BCUT2D eigenvalue weighted by molar-refractivity contribution is 5.41. The molecule has 0 atom stereocenters. The zero-order valence-corrected chi connectivity index (χ0v) is 13.4. The molecule has 1 aliphatic heterocycles. The van der Waals surface area contributed by atoms with Gasteiger partial charge in [-0.15, -0.1) is 0 Å². The van der Waals surface area contributed by atoms with Gasteiger partial charge in [-0.3, -0.25) is 4.90 Å². The molecule has 1 N–H and O–H groups in total. The summed E-state index contributed by atoms with van der Waals surface area (Å²) in [4.78, 5) is 9.62. The maximum Gasteiger partial charge on any atom is 0.128 e. The quantitative estimate of drug-likeness (QED) is 0.869. The Morgan fingerprint density at radius 2 is 2.00 bits per heavy atom. The highest BCUT2D eigenvalue weighted by Crippen LogP contribution is 2.30. The fraction of sp³-hybridized carbons (Fsp3) is 0.706. The topological polar surface area (TPSA) is 31.4 Å². The summed E-state index contributed by atoms with van der Waals surface area (Å²) in [6.07, 6.45) is 4.85. The summed E-state index contributed by atoms with van der Waals surface area (Å²) >= 11 is 0. The molecule has 4 nitrogen and oxygen atoms in total. The Bertz CT molecular complexity index is 448. The fourth-order valence-corrected chi connectivity index (χ4v) is 2.89. The molecule has 2 fully saturated rings. The van der Waals surface area contributed by atoms with Crippen LogP contribution in [0.4, 0.5) is 5.82 Å². The molecule has 1 aliphatic carbocycles. The Hall–Kier alpha value is -1.13.